The topological polar surface area (TPSA) is 77.5 Å². The first-order valence-electron chi connectivity index (χ1n) is 7.98. The standard InChI is InChI=1S/C17H24N2O4/c1-22-16-8-7-13(11-18-16)9-14(17(21)23-2)19-15(20)10-12-5-3-4-6-12/h7-8,11-12,14H,3-6,9-10H2,1-2H3,(H,19,20)/t14-/m1/s1. The molecule has 0 unspecified atom stereocenters. The molecule has 0 bridgehead atoms. The average molecular weight is 320 g/mol. The number of amides is 1. The molecule has 2 rings (SSSR count). The molecule has 0 saturated heterocycles. The van der Waals surface area contributed by atoms with Crippen molar-refractivity contribution in [3.05, 3.63) is 23.9 Å². The number of carbonyl (C=O) groups excluding carboxylic acids is 2. The first-order chi connectivity index (χ1) is 11.1. The lowest BCUT2D eigenvalue weighted by Crippen LogP contribution is -2.43. The van der Waals surface area contributed by atoms with Crippen molar-refractivity contribution < 1.29 is 19.1 Å². The van der Waals surface area contributed by atoms with Crippen LogP contribution in [0.1, 0.15) is 37.7 Å². The lowest BCUT2D eigenvalue weighted by molar-refractivity contribution is -0.145. The average Bonchev–Trinajstić information content (AvgIpc) is 3.07. The van der Waals surface area contributed by atoms with E-state index < -0.39 is 12.0 Å². The zero-order chi connectivity index (χ0) is 16.7. The van der Waals surface area contributed by atoms with Crippen molar-refractivity contribution in [2.24, 2.45) is 5.92 Å². The molecule has 6 heteroatoms. The van der Waals surface area contributed by atoms with Crippen LogP contribution < -0.4 is 10.1 Å². The molecule has 1 N–H and O–H groups in total. The third-order valence-corrected chi connectivity index (χ3v) is 4.22. The third kappa shape index (κ3) is 5.23. The van der Waals surface area contributed by atoms with Crippen LogP contribution in [0.5, 0.6) is 5.88 Å². The molecule has 0 spiro atoms. The van der Waals surface area contributed by atoms with Crippen LogP contribution in [0.3, 0.4) is 0 Å². The van der Waals surface area contributed by atoms with E-state index in [2.05, 4.69) is 10.3 Å². The van der Waals surface area contributed by atoms with Gasteiger partial charge in [-0.1, -0.05) is 18.9 Å². The highest BCUT2D eigenvalue weighted by Gasteiger charge is 2.24. The highest BCUT2D eigenvalue weighted by Crippen LogP contribution is 2.27. The fourth-order valence-electron chi connectivity index (χ4n) is 2.95. The Morgan fingerprint density at radius 2 is 2.04 bits per heavy atom. The second-order valence-corrected chi connectivity index (χ2v) is 5.91. The second-order valence-electron chi connectivity index (χ2n) is 5.91. The van der Waals surface area contributed by atoms with Crippen LogP contribution in [0.25, 0.3) is 0 Å². The Kier molecular flexibility index (Phi) is 6.38. The van der Waals surface area contributed by atoms with Gasteiger partial charge in [0.2, 0.25) is 11.8 Å². The van der Waals surface area contributed by atoms with Gasteiger partial charge in [-0.15, -0.1) is 0 Å². The van der Waals surface area contributed by atoms with Gasteiger partial charge in [-0.2, -0.15) is 0 Å². The lowest BCUT2D eigenvalue weighted by Gasteiger charge is -2.18. The van der Waals surface area contributed by atoms with Crippen LogP contribution in [0.4, 0.5) is 0 Å². The number of ether oxygens (including phenoxy) is 2. The largest absolute Gasteiger partial charge is 0.481 e. The number of nitrogens with zero attached hydrogens (tertiary/aromatic N) is 1. The maximum absolute atomic E-state index is 12.2. The van der Waals surface area contributed by atoms with Crippen molar-refractivity contribution in [2.45, 2.75) is 44.6 Å². The zero-order valence-corrected chi connectivity index (χ0v) is 13.7. The molecule has 126 valence electrons. The van der Waals surface area contributed by atoms with Gasteiger partial charge in [0.1, 0.15) is 6.04 Å². The molecule has 1 heterocycles. The molecule has 1 aliphatic carbocycles. The highest BCUT2D eigenvalue weighted by atomic mass is 16.5. The molecule has 0 aliphatic heterocycles. The fraction of sp³-hybridized carbons (Fsp3) is 0.588. The van der Waals surface area contributed by atoms with Crippen LogP contribution in [0.15, 0.2) is 18.3 Å². The zero-order valence-electron chi connectivity index (χ0n) is 13.7. The van der Waals surface area contributed by atoms with E-state index in [1.807, 2.05) is 6.07 Å². The SMILES string of the molecule is COC(=O)[C@@H](Cc1ccc(OC)nc1)NC(=O)CC1CCCC1. The summed E-state index contributed by atoms with van der Waals surface area (Å²) in [6, 6.07) is 2.86. The van der Waals surface area contributed by atoms with Crippen molar-refractivity contribution in [3.8, 4) is 5.88 Å². The lowest BCUT2D eigenvalue weighted by atomic mass is 10.0. The maximum atomic E-state index is 12.2. The van der Waals surface area contributed by atoms with Gasteiger partial charge in [-0.3, -0.25) is 4.79 Å². The Hall–Kier alpha value is -2.11. The number of nitrogens with one attached hydrogen (secondary N) is 1. The Bertz CT molecular complexity index is 524. The summed E-state index contributed by atoms with van der Waals surface area (Å²) in [5.74, 6) is 0.416. The number of hydrogen-bond donors (Lipinski definition) is 1. The fourth-order valence-corrected chi connectivity index (χ4v) is 2.95. The Balaban J connectivity index is 1.95. The number of carbonyl (C=O) groups is 2. The minimum atomic E-state index is -0.691. The van der Waals surface area contributed by atoms with Gasteiger partial charge in [0, 0.05) is 25.1 Å². The number of rotatable bonds is 7. The van der Waals surface area contributed by atoms with Gasteiger partial charge in [-0.05, 0) is 24.3 Å². The molecule has 1 fully saturated rings. The van der Waals surface area contributed by atoms with Crippen LogP contribution in [0.2, 0.25) is 0 Å². The van der Waals surface area contributed by atoms with E-state index in [4.69, 9.17) is 9.47 Å². The number of aromatic nitrogens is 1. The number of pyridine rings is 1. The monoisotopic (exact) mass is 320 g/mol. The van der Waals surface area contributed by atoms with E-state index in [9.17, 15) is 9.59 Å². The molecule has 6 nitrogen and oxygen atoms in total. The number of hydrogen-bond acceptors (Lipinski definition) is 5. The summed E-state index contributed by atoms with van der Waals surface area (Å²) in [5, 5.41) is 2.80. The predicted molar refractivity (Wildman–Crippen MR) is 85.0 cm³/mol. The molecule has 1 aromatic heterocycles. The molecule has 1 saturated carbocycles. The normalized spacial score (nSPS) is 15.9. The van der Waals surface area contributed by atoms with Gasteiger partial charge in [0.15, 0.2) is 0 Å². The van der Waals surface area contributed by atoms with E-state index in [-0.39, 0.29) is 5.91 Å². The number of methoxy groups -OCH3 is 2. The van der Waals surface area contributed by atoms with Crippen molar-refractivity contribution in [1.82, 2.24) is 10.3 Å². The molecular formula is C17H24N2O4. The number of esters is 1. The van der Waals surface area contributed by atoms with Crippen LogP contribution in [-0.4, -0.2) is 37.1 Å². The molecular weight excluding hydrogens is 296 g/mol. The minimum absolute atomic E-state index is 0.0891. The van der Waals surface area contributed by atoms with E-state index in [1.165, 1.54) is 20.0 Å². The summed E-state index contributed by atoms with van der Waals surface area (Å²) in [6.45, 7) is 0. The smallest absolute Gasteiger partial charge is 0.328 e. The highest BCUT2D eigenvalue weighted by molar-refractivity contribution is 5.84. The van der Waals surface area contributed by atoms with Crippen LogP contribution in [0, 0.1) is 5.92 Å². The van der Waals surface area contributed by atoms with Crippen molar-refractivity contribution in [1.29, 1.82) is 0 Å². The Morgan fingerprint density at radius 3 is 2.61 bits per heavy atom. The summed E-state index contributed by atoms with van der Waals surface area (Å²) in [5.41, 5.74) is 0.836. The van der Waals surface area contributed by atoms with Gasteiger partial charge in [0.05, 0.1) is 14.2 Å². The summed E-state index contributed by atoms with van der Waals surface area (Å²) in [7, 11) is 2.87. The molecule has 1 atom stereocenters. The third-order valence-electron chi connectivity index (χ3n) is 4.22. The molecule has 0 aromatic carbocycles. The predicted octanol–water partition coefficient (Wildman–Crippen LogP) is 1.87. The first kappa shape index (κ1) is 17.2. The van der Waals surface area contributed by atoms with E-state index >= 15 is 0 Å². The molecule has 0 radical (unpaired) electrons. The van der Waals surface area contributed by atoms with Crippen LogP contribution >= 0.6 is 0 Å². The van der Waals surface area contributed by atoms with E-state index in [1.54, 1.807) is 19.4 Å². The van der Waals surface area contributed by atoms with E-state index in [0.717, 1.165) is 18.4 Å². The molecule has 1 amide bonds. The Labute approximate surface area is 136 Å². The maximum Gasteiger partial charge on any atom is 0.328 e. The van der Waals surface area contributed by atoms with Gasteiger partial charge in [0.25, 0.3) is 0 Å². The van der Waals surface area contributed by atoms with Crippen molar-refractivity contribution in [3.63, 3.8) is 0 Å². The summed E-state index contributed by atoms with van der Waals surface area (Å²) in [4.78, 5) is 28.2. The Morgan fingerprint density at radius 1 is 1.30 bits per heavy atom. The van der Waals surface area contributed by atoms with Crippen molar-refractivity contribution >= 4 is 11.9 Å². The van der Waals surface area contributed by atoms with Crippen LogP contribution in [-0.2, 0) is 20.7 Å². The summed E-state index contributed by atoms with van der Waals surface area (Å²) >= 11 is 0. The molecule has 1 aliphatic rings. The van der Waals surface area contributed by atoms with Gasteiger partial charge >= 0.3 is 5.97 Å². The molecule has 1 aromatic rings. The van der Waals surface area contributed by atoms with Gasteiger partial charge in [-0.25, -0.2) is 9.78 Å². The van der Waals surface area contributed by atoms with E-state index in [0.29, 0.717) is 24.6 Å². The van der Waals surface area contributed by atoms with Crippen molar-refractivity contribution in [2.75, 3.05) is 14.2 Å². The summed E-state index contributed by atoms with van der Waals surface area (Å²) < 4.78 is 9.81. The minimum Gasteiger partial charge on any atom is -0.481 e. The molecule has 23 heavy (non-hydrogen) atoms. The summed E-state index contributed by atoms with van der Waals surface area (Å²) in [6.07, 6.45) is 7.04. The second kappa shape index (κ2) is 8.50. The quantitative estimate of drug-likeness (QED) is 0.776. The van der Waals surface area contributed by atoms with Gasteiger partial charge < -0.3 is 14.8 Å². The first-order valence-corrected chi connectivity index (χ1v) is 7.98.